The number of nitrogens with one attached hydrogen (secondary N) is 1. The van der Waals surface area contributed by atoms with Gasteiger partial charge in [-0.15, -0.1) is 11.3 Å². The van der Waals surface area contributed by atoms with E-state index in [1.165, 1.54) is 23.1 Å². The van der Waals surface area contributed by atoms with Crippen LogP contribution in [0.2, 0.25) is 0 Å². The monoisotopic (exact) mass is 447 g/mol. The smallest absolute Gasteiger partial charge is 0.237 e. The van der Waals surface area contributed by atoms with E-state index in [-0.39, 0.29) is 22.9 Å². The molecule has 0 saturated carbocycles. The van der Waals surface area contributed by atoms with E-state index in [9.17, 15) is 15.3 Å². The molecule has 6 nitrogen and oxygen atoms in total. The van der Waals surface area contributed by atoms with Crippen LogP contribution in [0.4, 0.5) is 11.5 Å². The van der Waals surface area contributed by atoms with Gasteiger partial charge in [-0.2, -0.15) is 10.5 Å². The van der Waals surface area contributed by atoms with E-state index < -0.39 is 5.25 Å². The third kappa shape index (κ3) is 4.56. The number of hydrogen-bond acceptors (Lipinski definition) is 7. The van der Waals surface area contributed by atoms with Crippen LogP contribution >= 0.6 is 23.1 Å². The summed E-state index contributed by atoms with van der Waals surface area (Å²) in [5.41, 5.74) is 9.83. The van der Waals surface area contributed by atoms with E-state index in [2.05, 4.69) is 22.4 Å². The Labute approximate surface area is 189 Å². The Bertz CT molecular complexity index is 1210. The van der Waals surface area contributed by atoms with Crippen molar-refractivity contribution in [2.24, 2.45) is 0 Å². The third-order valence-corrected chi connectivity index (χ3v) is 7.20. The minimum absolute atomic E-state index is 0.0530. The second kappa shape index (κ2) is 9.65. The van der Waals surface area contributed by atoms with Crippen LogP contribution in [0.15, 0.2) is 40.7 Å². The topological polar surface area (TPSA) is 116 Å². The van der Waals surface area contributed by atoms with E-state index >= 15 is 0 Å². The van der Waals surface area contributed by atoms with Crippen LogP contribution in [0.1, 0.15) is 35.6 Å². The van der Waals surface area contributed by atoms with Gasteiger partial charge in [0.05, 0.1) is 10.8 Å². The molecule has 1 aromatic carbocycles. The van der Waals surface area contributed by atoms with Gasteiger partial charge in [-0.05, 0) is 48.9 Å². The molecule has 1 atom stereocenters. The van der Waals surface area contributed by atoms with Crippen molar-refractivity contribution in [1.29, 1.82) is 10.5 Å². The molecule has 0 aliphatic rings. The summed E-state index contributed by atoms with van der Waals surface area (Å²) in [4.78, 5) is 18.1. The summed E-state index contributed by atoms with van der Waals surface area (Å²) in [6.45, 7) is 5.86. The maximum atomic E-state index is 13.0. The predicted octanol–water partition coefficient (Wildman–Crippen LogP) is 5.26. The van der Waals surface area contributed by atoms with Gasteiger partial charge in [-0.1, -0.05) is 36.9 Å². The SMILES string of the molecule is CCC(Sc1nc(N)c(C#N)c(-c2cccs2)c1C#N)C(=O)Nc1cccc(C)c1C. The number of nitrogen functional groups attached to an aromatic ring is 1. The number of aromatic nitrogens is 1. The lowest BCUT2D eigenvalue weighted by atomic mass is 10.0. The van der Waals surface area contributed by atoms with Crippen molar-refractivity contribution < 1.29 is 4.79 Å². The number of hydrogen-bond donors (Lipinski definition) is 2. The van der Waals surface area contributed by atoms with E-state index in [0.717, 1.165) is 21.7 Å². The first-order valence-electron chi connectivity index (χ1n) is 9.62. The molecular weight excluding hydrogens is 426 g/mol. The van der Waals surface area contributed by atoms with Gasteiger partial charge in [0.2, 0.25) is 5.91 Å². The lowest BCUT2D eigenvalue weighted by Gasteiger charge is -2.18. The molecule has 3 aromatic rings. The van der Waals surface area contributed by atoms with Gasteiger partial charge in [0.25, 0.3) is 0 Å². The van der Waals surface area contributed by atoms with E-state index in [4.69, 9.17) is 5.73 Å². The molecule has 2 heterocycles. The minimum Gasteiger partial charge on any atom is -0.383 e. The third-order valence-electron chi connectivity index (χ3n) is 4.96. The fourth-order valence-corrected chi connectivity index (χ4v) is 4.91. The minimum atomic E-state index is -0.483. The molecule has 3 rings (SSSR count). The Hall–Kier alpha value is -3.33. The van der Waals surface area contributed by atoms with Crippen LogP contribution < -0.4 is 11.1 Å². The van der Waals surface area contributed by atoms with Crippen molar-refractivity contribution in [3.8, 4) is 22.6 Å². The normalized spacial score (nSPS) is 11.4. The Morgan fingerprint density at radius 2 is 1.97 bits per heavy atom. The Morgan fingerprint density at radius 1 is 1.23 bits per heavy atom. The first-order chi connectivity index (χ1) is 14.9. The quantitative estimate of drug-likeness (QED) is 0.498. The highest BCUT2D eigenvalue weighted by Crippen LogP contribution is 2.39. The molecule has 2 aromatic heterocycles. The molecular formula is C23H21N5OS2. The van der Waals surface area contributed by atoms with Gasteiger partial charge >= 0.3 is 0 Å². The molecule has 0 fully saturated rings. The van der Waals surface area contributed by atoms with Gasteiger partial charge < -0.3 is 11.1 Å². The number of nitriles is 2. The molecule has 0 radical (unpaired) electrons. The number of pyridine rings is 1. The number of anilines is 2. The molecule has 0 bridgehead atoms. The van der Waals surface area contributed by atoms with Crippen LogP contribution in [-0.2, 0) is 4.79 Å². The van der Waals surface area contributed by atoms with Crippen LogP contribution in [0.5, 0.6) is 0 Å². The zero-order valence-electron chi connectivity index (χ0n) is 17.4. The molecule has 31 heavy (non-hydrogen) atoms. The number of nitrogens with zero attached hydrogens (tertiary/aromatic N) is 3. The zero-order chi connectivity index (χ0) is 22.5. The second-order valence-corrected chi connectivity index (χ2v) is 9.02. The summed E-state index contributed by atoms with van der Waals surface area (Å²) in [6, 6.07) is 13.7. The maximum Gasteiger partial charge on any atom is 0.237 e. The fraction of sp³-hybridized carbons (Fsp3) is 0.217. The zero-order valence-corrected chi connectivity index (χ0v) is 19.0. The number of amides is 1. The molecule has 156 valence electrons. The van der Waals surface area contributed by atoms with Gasteiger partial charge in [0.15, 0.2) is 0 Å². The highest BCUT2D eigenvalue weighted by atomic mass is 32.2. The average molecular weight is 448 g/mol. The lowest BCUT2D eigenvalue weighted by Crippen LogP contribution is -2.25. The molecule has 3 N–H and O–H groups in total. The number of benzene rings is 1. The van der Waals surface area contributed by atoms with Crippen molar-refractivity contribution in [2.75, 3.05) is 11.1 Å². The highest BCUT2D eigenvalue weighted by Gasteiger charge is 2.26. The largest absolute Gasteiger partial charge is 0.383 e. The lowest BCUT2D eigenvalue weighted by molar-refractivity contribution is -0.115. The molecule has 0 spiro atoms. The Morgan fingerprint density at radius 3 is 2.58 bits per heavy atom. The Kier molecular flexibility index (Phi) is 6.96. The van der Waals surface area contributed by atoms with E-state index in [0.29, 0.717) is 17.0 Å². The predicted molar refractivity (Wildman–Crippen MR) is 126 cm³/mol. The molecule has 0 aliphatic heterocycles. The first kappa shape index (κ1) is 22.4. The maximum absolute atomic E-state index is 13.0. The molecule has 1 unspecified atom stereocenters. The van der Waals surface area contributed by atoms with Crippen molar-refractivity contribution in [3.05, 3.63) is 58.0 Å². The van der Waals surface area contributed by atoms with Crippen molar-refractivity contribution in [1.82, 2.24) is 4.98 Å². The van der Waals surface area contributed by atoms with Crippen molar-refractivity contribution >= 4 is 40.5 Å². The highest BCUT2D eigenvalue weighted by molar-refractivity contribution is 8.00. The summed E-state index contributed by atoms with van der Waals surface area (Å²) in [5, 5.41) is 24.2. The number of carbonyl (C=O) groups is 1. The number of thiophene rings is 1. The second-order valence-electron chi connectivity index (χ2n) is 6.88. The molecule has 1 amide bonds. The Balaban J connectivity index is 1.99. The van der Waals surface area contributed by atoms with Gasteiger partial charge in [-0.25, -0.2) is 4.98 Å². The number of thioether (sulfide) groups is 1. The molecule has 8 heteroatoms. The van der Waals surface area contributed by atoms with Crippen LogP contribution in [0.3, 0.4) is 0 Å². The average Bonchev–Trinajstić information content (AvgIpc) is 3.29. The van der Waals surface area contributed by atoms with E-state index in [1.54, 1.807) is 0 Å². The molecule has 0 saturated heterocycles. The van der Waals surface area contributed by atoms with Crippen molar-refractivity contribution in [3.63, 3.8) is 0 Å². The number of nitrogens with two attached hydrogens (primary N) is 1. The molecule has 0 aliphatic carbocycles. The van der Waals surface area contributed by atoms with Crippen LogP contribution in [-0.4, -0.2) is 16.1 Å². The van der Waals surface area contributed by atoms with Crippen LogP contribution in [0, 0.1) is 36.5 Å². The standard InChI is InChI=1S/C23H21N5OS2/c1-4-18(22(29)27-17-8-5-7-13(2)14(17)3)31-23-16(12-25)20(19-9-6-10-30-19)15(11-24)21(26)28-23/h5-10,18H,4H2,1-3H3,(H2,26,28)(H,27,29). The summed E-state index contributed by atoms with van der Waals surface area (Å²) < 4.78 is 0. The first-order valence-corrected chi connectivity index (χ1v) is 11.4. The number of rotatable bonds is 6. The number of carbonyl (C=O) groups excluding carboxylic acids is 1. The van der Waals surface area contributed by atoms with E-state index in [1.807, 2.05) is 56.5 Å². The van der Waals surface area contributed by atoms with Crippen molar-refractivity contribution in [2.45, 2.75) is 37.5 Å². The van der Waals surface area contributed by atoms with Gasteiger partial charge in [-0.3, -0.25) is 4.79 Å². The summed E-state index contributed by atoms with van der Waals surface area (Å²) >= 11 is 2.61. The summed E-state index contributed by atoms with van der Waals surface area (Å²) in [7, 11) is 0. The summed E-state index contributed by atoms with van der Waals surface area (Å²) in [5.74, 6) is -0.121. The number of aryl methyl sites for hydroxylation is 1. The van der Waals surface area contributed by atoms with Gasteiger partial charge in [0, 0.05) is 16.1 Å². The summed E-state index contributed by atoms with van der Waals surface area (Å²) in [6.07, 6.45) is 0.530. The van der Waals surface area contributed by atoms with Crippen LogP contribution in [0.25, 0.3) is 10.4 Å². The fourth-order valence-electron chi connectivity index (χ4n) is 3.11. The van der Waals surface area contributed by atoms with Gasteiger partial charge in [0.1, 0.15) is 28.5 Å².